The molecule has 0 bridgehead atoms. The summed E-state index contributed by atoms with van der Waals surface area (Å²) in [5.41, 5.74) is 2.76. The SMILES string of the molecule is C=C(C=Cc1ccccc1)C(=O)ON=C(C)c1ccc2ccccc2c1. The van der Waals surface area contributed by atoms with Crippen molar-refractivity contribution in [1.82, 2.24) is 0 Å². The van der Waals surface area contributed by atoms with Gasteiger partial charge in [0.25, 0.3) is 0 Å². The van der Waals surface area contributed by atoms with Crippen LogP contribution in [0.1, 0.15) is 18.1 Å². The molecule has 0 radical (unpaired) electrons. The van der Waals surface area contributed by atoms with Crippen molar-refractivity contribution in [3.05, 3.63) is 102 Å². The Morgan fingerprint density at radius 2 is 1.65 bits per heavy atom. The number of rotatable bonds is 5. The molecule has 0 aliphatic heterocycles. The number of fused-ring (bicyclic) bond motifs is 1. The quantitative estimate of drug-likeness (QED) is 0.205. The summed E-state index contributed by atoms with van der Waals surface area (Å²) in [7, 11) is 0. The smallest absolute Gasteiger partial charge is 0.313 e. The Kier molecular flexibility index (Phi) is 5.40. The number of carbonyl (C=O) groups is 1. The molecule has 0 amide bonds. The normalized spacial score (nSPS) is 11.7. The van der Waals surface area contributed by atoms with E-state index in [1.165, 1.54) is 0 Å². The van der Waals surface area contributed by atoms with Crippen molar-refractivity contribution in [2.75, 3.05) is 0 Å². The first-order valence-electron chi connectivity index (χ1n) is 8.30. The fraction of sp³-hybridized carbons (Fsp3) is 0.0435. The second-order valence-corrected chi connectivity index (χ2v) is 5.89. The van der Waals surface area contributed by atoms with E-state index in [1.807, 2.05) is 72.8 Å². The van der Waals surface area contributed by atoms with Crippen molar-refractivity contribution in [2.24, 2.45) is 5.16 Å². The molecule has 0 aromatic heterocycles. The minimum Gasteiger partial charge on any atom is -0.313 e. The van der Waals surface area contributed by atoms with Crippen LogP contribution >= 0.6 is 0 Å². The number of hydrogen-bond acceptors (Lipinski definition) is 3. The third kappa shape index (κ3) is 4.33. The maximum absolute atomic E-state index is 12.0. The lowest BCUT2D eigenvalue weighted by molar-refractivity contribution is -0.138. The number of nitrogens with zero attached hydrogens (tertiary/aromatic N) is 1. The lowest BCUT2D eigenvalue weighted by atomic mass is 10.0. The molecule has 0 aliphatic rings. The Bertz CT molecular complexity index is 1000. The molecule has 0 N–H and O–H groups in total. The van der Waals surface area contributed by atoms with E-state index in [0.29, 0.717) is 5.71 Å². The van der Waals surface area contributed by atoms with Gasteiger partial charge in [0, 0.05) is 0 Å². The lowest BCUT2D eigenvalue weighted by Crippen LogP contribution is -2.04. The predicted octanol–water partition coefficient (Wildman–Crippen LogP) is 5.38. The monoisotopic (exact) mass is 341 g/mol. The van der Waals surface area contributed by atoms with E-state index in [-0.39, 0.29) is 5.57 Å². The predicted molar refractivity (Wildman–Crippen MR) is 107 cm³/mol. The standard InChI is InChI=1S/C23H19NO2/c1-17(12-13-19-8-4-3-5-9-19)23(25)26-24-18(2)21-15-14-20-10-6-7-11-22(20)16-21/h3-16H,1H2,2H3. The fourth-order valence-corrected chi connectivity index (χ4v) is 2.46. The van der Waals surface area contributed by atoms with Gasteiger partial charge in [-0.15, -0.1) is 0 Å². The average Bonchev–Trinajstić information content (AvgIpc) is 2.70. The van der Waals surface area contributed by atoms with Crippen molar-refractivity contribution in [1.29, 1.82) is 0 Å². The molecule has 26 heavy (non-hydrogen) atoms. The van der Waals surface area contributed by atoms with E-state index in [1.54, 1.807) is 13.0 Å². The van der Waals surface area contributed by atoms with Crippen LogP contribution < -0.4 is 0 Å². The van der Waals surface area contributed by atoms with Gasteiger partial charge in [-0.05, 0) is 41.0 Å². The summed E-state index contributed by atoms with van der Waals surface area (Å²) in [6.07, 6.45) is 3.43. The molecule has 0 heterocycles. The fourth-order valence-electron chi connectivity index (χ4n) is 2.46. The van der Waals surface area contributed by atoms with Gasteiger partial charge in [-0.3, -0.25) is 0 Å². The van der Waals surface area contributed by atoms with Gasteiger partial charge in [-0.1, -0.05) is 84.5 Å². The molecule has 0 unspecified atom stereocenters. The third-order valence-electron chi connectivity index (χ3n) is 3.97. The van der Waals surface area contributed by atoms with E-state index in [2.05, 4.69) is 17.8 Å². The summed E-state index contributed by atoms with van der Waals surface area (Å²) >= 11 is 0. The van der Waals surface area contributed by atoms with Crippen LogP contribution in [0.4, 0.5) is 0 Å². The molecule has 3 aromatic carbocycles. The van der Waals surface area contributed by atoms with Gasteiger partial charge in [-0.25, -0.2) is 4.79 Å². The van der Waals surface area contributed by atoms with Gasteiger partial charge in [0.1, 0.15) is 0 Å². The van der Waals surface area contributed by atoms with E-state index in [4.69, 9.17) is 4.84 Å². The molecule has 0 saturated carbocycles. The molecule has 0 atom stereocenters. The zero-order valence-electron chi connectivity index (χ0n) is 14.6. The molecule has 3 nitrogen and oxygen atoms in total. The second kappa shape index (κ2) is 8.08. The maximum Gasteiger partial charge on any atom is 0.365 e. The van der Waals surface area contributed by atoms with Crippen LogP contribution in [0.25, 0.3) is 16.8 Å². The number of oxime groups is 1. The highest BCUT2D eigenvalue weighted by Gasteiger charge is 2.07. The molecular formula is C23H19NO2. The summed E-state index contributed by atoms with van der Waals surface area (Å²) in [4.78, 5) is 17.1. The van der Waals surface area contributed by atoms with Crippen molar-refractivity contribution in [2.45, 2.75) is 6.92 Å². The van der Waals surface area contributed by atoms with Crippen molar-refractivity contribution in [3.63, 3.8) is 0 Å². The van der Waals surface area contributed by atoms with Crippen LogP contribution in [0.2, 0.25) is 0 Å². The summed E-state index contributed by atoms with van der Waals surface area (Å²) < 4.78 is 0. The van der Waals surface area contributed by atoms with E-state index in [9.17, 15) is 4.79 Å². The van der Waals surface area contributed by atoms with E-state index >= 15 is 0 Å². The first-order chi connectivity index (χ1) is 12.6. The molecule has 0 saturated heterocycles. The molecule has 0 fully saturated rings. The molecule has 3 heteroatoms. The zero-order valence-corrected chi connectivity index (χ0v) is 14.6. The number of hydrogen-bond donors (Lipinski definition) is 0. The molecule has 0 spiro atoms. The van der Waals surface area contributed by atoms with E-state index in [0.717, 1.165) is 21.9 Å². The van der Waals surface area contributed by atoms with Crippen LogP contribution in [0.3, 0.4) is 0 Å². The van der Waals surface area contributed by atoms with Crippen LogP contribution in [0.5, 0.6) is 0 Å². The topological polar surface area (TPSA) is 38.7 Å². The Morgan fingerprint density at radius 3 is 2.42 bits per heavy atom. The number of carbonyl (C=O) groups excluding carboxylic acids is 1. The largest absolute Gasteiger partial charge is 0.365 e. The molecule has 0 aliphatic carbocycles. The van der Waals surface area contributed by atoms with Gasteiger partial charge in [0.2, 0.25) is 0 Å². The van der Waals surface area contributed by atoms with Crippen LogP contribution in [0, 0.1) is 0 Å². The minimum atomic E-state index is -0.572. The molecule has 3 aromatic rings. The van der Waals surface area contributed by atoms with Crippen LogP contribution in [0.15, 0.2) is 96.2 Å². The summed E-state index contributed by atoms with van der Waals surface area (Å²) in [5, 5.41) is 6.21. The van der Waals surface area contributed by atoms with Gasteiger partial charge in [0.15, 0.2) is 0 Å². The van der Waals surface area contributed by atoms with Crippen molar-refractivity contribution >= 4 is 28.5 Å². The molecule has 128 valence electrons. The first-order valence-corrected chi connectivity index (χ1v) is 8.30. The van der Waals surface area contributed by atoms with E-state index < -0.39 is 5.97 Å². The highest BCUT2D eigenvalue weighted by molar-refractivity contribution is 6.02. The Morgan fingerprint density at radius 1 is 0.962 bits per heavy atom. The first kappa shape index (κ1) is 17.4. The van der Waals surface area contributed by atoms with Crippen LogP contribution in [-0.2, 0) is 9.63 Å². The third-order valence-corrected chi connectivity index (χ3v) is 3.97. The average molecular weight is 341 g/mol. The van der Waals surface area contributed by atoms with Crippen molar-refractivity contribution < 1.29 is 9.63 Å². The summed E-state index contributed by atoms with van der Waals surface area (Å²) in [6, 6.07) is 23.7. The van der Waals surface area contributed by atoms with Gasteiger partial charge < -0.3 is 4.84 Å². The Balaban J connectivity index is 1.66. The lowest BCUT2D eigenvalue weighted by Gasteiger charge is -2.03. The highest BCUT2D eigenvalue weighted by Crippen LogP contribution is 2.16. The van der Waals surface area contributed by atoms with Gasteiger partial charge in [0.05, 0.1) is 11.3 Å². The Hall–Kier alpha value is -3.46. The van der Waals surface area contributed by atoms with Crippen LogP contribution in [-0.4, -0.2) is 11.7 Å². The zero-order chi connectivity index (χ0) is 18.4. The minimum absolute atomic E-state index is 0.240. The second-order valence-electron chi connectivity index (χ2n) is 5.89. The summed E-state index contributed by atoms with van der Waals surface area (Å²) in [5.74, 6) is -0.572. The molecule has 3 rings (SSSR count). The summed E-state index contributed by atoms with van der Waals surface area (Å²) in [6.45, 7) is 5.54. The van der Waals surface area contributed by atoms with Gasteiger partial charge >= 0.3 is 5.97 Å². The highest BCUT2D eigenvalue weighted by atomic mass is 16.7. The molecular weight excluding hydrogens is 322 g/mol. The van der Waals surface area contributed by atoms with Gasteiger partial charge in [-0.2, -0.15) is 0 Å². The Labute approximate surface area is 152 Å². The maximum atomic E-state index is 12.0. The van der Waals surface area contributed by atoms with Crippen molar-refractivity contribution in [3.8, 4) is 0 Å². The number of benzene rings is 3.